The predicted octanol–water partition coefficient (Wildman–Crippen LogP) is 2.23. The number of hydrogen-bond acceptors (Lipinski definition) is 5. The molecule has 0 bridgehead atoms. The van der Waals surface area contributed by atoms with Gasteiger partial charge in [0.25, 0.3) is 0 Å². The molecule has 0 aliphatic carbocycles. The maximum Gasteiger partial charge on any atom is 0.387 e. The van der Waals surface area contributed by atoms with Gasteiger partial charge in [0.1, 0.15) is 5.75 Å². The molecule has 1 heterocycles. The van der Waals surface area contributed by atoms with Crippen LogP contribution in [-0.4, -0.2) is 44.9 Å². The molecule has 8 nitrogen and oxygen atoms in total. The van der Waals surface area contributed by atoms with E-state index >= 15 is 0 Å². The van der Waals surface area contributed by atoms with Gasteiger partial charge in [0, 0.05) is 31.3 Å². The van der Waals surface area contributed by atoms with E-state index in [0.717, 1.165) is 0 Å². The van der Waals surface area contributed by atoms with E-state index in [1.807, 2.05) is 27.7 Å². The van der Waals surface area contributed by atoms with E-state index in [-0.39, 0.29) is 25.0 Å². The minimum Gasteiger partial charge on any atom is -0.454 e. The fourth-order valence-corrected chi connectivity index (χ4v) is 2.59. The third-order valence-electron chi connectivity index (χ3n) is 4.17. The fraction of sp³-hybridized carbons (Fsp3) is 0.579. The molecule has 1 aromatic rings. The van der Waals surface area contributed by atoms with Gasteiger partial charge in [-0.05, 0) is 33.8 Å². The highest BCUT2D eigenvalue weighted by Gasteiger charge is 2.27. The van der Waals surface area contributed by atoms with Gasteiger partial charge in [0.15, 0.2) is 17.5 Å². The van der Waals surface area contributed by atoms with E-state index in [4.69, 9.17) is 9.47 Å². The van der Waals surface area contributed by atoms with E-state index in [9.17, 15) is 13.6 Å². The molecule has 0 aromatic heterocycles. The Morgan fingerprint density at radius 2 is 1.83 bits per heavy atom. The second kappa shape index (κ2) is 10.1. The minimum absolute atomic E-state index is 0.0218. The highest BCUT2D eigenvalue weighted by atomic mass is 19.3. The van der Waals surface area contributed by atoms with Gasteiger partial charge in [-0.15, -0.1) is 0 Å². The number of hydrogen-bond donors (Lipinski definition) is 3. The lowest BCUT2D eigenvalue weighted by molar-refractivity contribution is -0.128. The first-order valence-corrected chi connectivity index (χ1v) is 9.44. The number of carbonyl (C=O) groups is 1. The first-order valence-electron chi connectivity index (χ1n) is 9.44. The zero-order chi connectivity index (χ0) is 21.4. The quantitative estimate of drug-likeness (QED) is 0.424. The summed E-state index contributed by atoms with van der Waals surface area (Å²) >= 11 is 0. The van der Waals surface area contributed by atoms with Crippen LogP contribution in [0, 0.1) is 5.41 Å². The number of ether oxygens (including phenoxy) is 3. The number of carbonyl (C=O) groups excluding carboxylic acids is 1. The van der Waals surface area contributed by atoms with Gasteiger partial charge in [-0.3, -0.25) is 4.79 Å². The highest BCUT2D eigenvalue weighted by Crippen LogP contribution is 2.39. The summed E-state index contributed by atoms with van der Waals surface area (Å²) in [6.45, 7) is 6.00. The molecule has 3 N–H and O–H groups in total. The standard InChI is InChI=1S/C19H28F2N4O4/c1-5-22-16(26)19(3,4)10-25-18(23-6-2)24-9-12-7-14-15(28-11-27-14)8-13(12)29-17(20)21/h7-8,17H,5-6,9-11H2,1-4H3,(H,22,26)(H2,23,24,25). The predicted molar refractivity (Wildman–Crippen MR) is 104 cm³/mol. The van der Waals surface area contributed by atoms with Crippen molar-refractivity contribution in [3.05, 3.63) is 17.7 Å². The summed E-state index contributed by atoms with van der Waals surface area (Å²) in [5.74, 6) is 1.15. The number of benzene rings is 1. The Morgan fingerprint density at radius 1 is 1.17 bits per heavy atom. The second-order valence-corrected chi connectivity index (χ2v) is 6.98. The molecule has 0 radical (unpaired) electrons. The fourth-order valence-electron chi connectivity index (χ4n) is 2.59. The van der Waals surface area contributed by atoms with Crippen LogP contribution in [0.2, 0.25) is 0 Å². The van der Waals surface area contributed by atoms with Crippen molar-refractivity contribution in [2.75, 3.05) is 26.4 Å². The molecule has 1 aliphatic heterocycles. The number of rotatable bonds is 9. The average Bonchev–Trinajstić information content (AvgIpc) is 3.10. The van der Waals surface area contributed by atoms with Crippen LogP contribution < -0.4 is 30.2 Å². The third-order valence-corrected chi connectivity index (χ3v) is 4.17. The number of aliphatic imine (C=N–C) groups is 1. The molecule has 0 saturated carbocycles. The molecular weight excluding hydrogens is 386 g/mol. The number of amides is 1. The molecule has 1 aromatic carbocycles. The number of halogens is 2. The Kier molecular flexibility index (Phi) is 7.86. The van der Waals surface area contributed by atoms with Crippen molar-refractivity contribution < 1.29 is 27.8 Å². The molecule has 1 aliphatic rings. The normalized spacial score (nSPS) is 13.4. The number of nitrogens with one attached hydrogen (secondary N) is 3. The molecule has 0 spiro atoms. The molecule has 1 amide bonds. The Morgan fingerprint density at radius 3 is 2.45 bits per heavy atom. The van der Waals surface area contributed by atoms with Gasteiger partial charge in [0.2, 0.25) is 12.7 Å². The van der Waals surface area contributed by atoms with E-state index < -0.39 is 12.0 Å². The molecule has 0 unspecified atom stereocenters. The Bertz CT molecular complexity index is 741. The van der Waals surface area contributed by atoms with Crippen LogP contribution >= 0.6 is 0 Å². The highest BCUT2D eigenvalue weighted by molar-refractivity contribution is 5.84. The maximum atomic E-state index is 12.8. The smallest absolute Gasteiger partial charge is 0.387 e. The molecular formula is C19H28F2N4O4. The van der Waals surface area contributed by atoms with E-state index in [0.29, 0.717) is 42.7 Å². The van der Waals surface area contributed by atoms with Gasteiger partial charge in [0.05, 0.1) is 12.0 Å². The molecule has 29 heavy (non-hydrogen) atoms. The molecule has 0 atom stereocenters. The van der Waals surface area contributed by atoms with E-state index in [1.54, 1.807) is 6.07 Å². The van der Waals surface area contributed by atoms with Crippen LogP contribution in [-0.2, 0) is 11.3 Å². The van der Waals surface area contributed by atoms with Crippen molar-refractivity contribution in [2.24, 2.45) is 10.4 Å². The van der Waals surface area contributed by atoms with Crippen molar-refractivity contribution in [3.8, 4) is 17.2 Å². The van der Waals surface area contributed by atoms with E-state index in [2.05, 4.69) is 25.7 Å². The molecule has 0 saturated heterocycles. The molecule has 2 rings (SSSR count). The first kappa shape index (κ1) is 22.5. The SMILES string of the molecule is CCNC(=O)C(C)(C)CNC(=NCc1cc2c(cc1OC(F)F)OCO2)NCC. The summed E-state index contributed by atoms with van der Waals surface area (Å²) in [5.41, 5.74) is -0.232. The van der Waals surface area contributed by atoms with Gasteiger partial charge < -0.3 is 30.2 Å². The summed E-state index contributed by atoms with van der Waals surface area (Å²) in [6.07, 6.45) is 0. The van der Waals surface area contributed by atoms with Crippen LogP contribution in [0.15, 0.2) is 17.1 Å². The third kappa shape index (κ3) is 6.37. The zero-order valence-corrected chi connectivity index (χ0v) is 17.1. The van der Waals surface area contributed by atoms with Gasteiger partial charge >= 0.3 is 6.61 Å². The molecule has 162 valence electrons. The summed E-state index contributed by atoms with van der Waals surface area (Å²) in [6, 6.07) is 2.95. The van der Waals surface area contributed by atoms with E-state index in [1.165, 1.54) is 6.07 Å². The molecule has 0 fully saturated rings. The van der Waals surface area contributed by atoms with Crippen molar-refractivity contribution >= 4 is 11.9 Å². The van der Waals surface area contributed by atoms with Crippen LogP contribution in [0.3, 0.4) is 0 Å². The minimum atomic E-state index is -2.97. The van der Waals surface area contributed by atoms with Crippen LogP contribution in [0.25, 0.3) is 0 Å². The van der Waals surface area contributed by atoms with Crippen molar-refractivity contribution in [1.82, 2.24) is 16.0 Å². The number of fused-ring (bicyclic) bond motifs is 1. The summed E-state index contributed by atoms with van der Waals surface area (Å²) < 4.78 is 40.7. The van der Waals surface area contributed by atoms with Gasteiger partial charge in [-0.2, -0.15) is 8.78 Å². The van der Waals surface area contributed by atoms with Crippen LogP contribution in [0.4, 0.5) is 8.78 Å². The topological polar surface area (TPSA) is 93.2 Å². The van der Waals surface area contributed by atoms with Gasteiger partial charge in [-0.25, -0.2) is 4.99 Å². The summed E-state index contributed by atoms with van der Waals surface area (Å²) in [5, 5.41) is 8.98. The lowest BCUT2D eigenvalue weighted by atomic mass is 9.92. The Labute approximate surface area is 169 Å². The van der Waals surface area contributed by atoms with Crippen molar-refractivity contribution in [3.63, 3.8) is 0 Å². The zero-order valence-electron chi connectivity index (χ0n) is 17.1. The second-order valence-electron chi connectivity index (χ2n) is 6.98. The van der Waals surface area contributed by atoms with Gasteiger partial charge in [-0.1, -0.05) is 0 Å². The lowest BCUT2D eigenvalue weighted by Gasteiger charge is -2.25. The van der Waals surface area contributed by atoms with Crippen LogP contribution in [0.5, 0.6) is 17.2 Å². The number of guanidine groups is 1. The number of alkyl halides is 2. The monoisotopic (exact) mass is 414 g/mol. The largest absolute Gasteiger partial charge is 0.454 e. The average molecular weight is 414 g/mol. The molecule has 10 heteroatoms. The summed E-state index contributed by atoms with van der Waals surface area (Å²) in [7, 11) is 0. The Hall–Kier alpha value is -2.78. The first-order chi connectivity index (χ1) is 13.8. The van der Waals surface area contributed by atoms with Crippen LogP contribution in [0.1, 0.15) is 33.3 Å². The van der Waals surface area contributed by atoms with Crippen molar-refractivity contribution in [1.29, 1.82) is 0 Å². The maximum absolute atomic E-state index is 12.8. The number of nitrogens with zero attached hydrogens (tertiary/aromatic N) is 1. The van der Waals surface area contributed by atoms with Crippen molar-refractivity contribution in [2.45, 2.75) is 40.9 Å². The lowest BCUT2D eigenvalue weighted by Crippen LogP contribution is -2.47. The Balaban J connectivity index is 2.14. The summed E-state index contributed by atoms with van der Waals surface area (Å²) in [4.78, 5) is 16.6.